The highest BCUT2D eigenvalue weighted by atomic mass is 16.3. The lowest BCUT2D eigenvalue weighted by Gasteiger charge is -2.09. The minimum Gasteiger partial charge on any atom is -0.395 e. The van der Waals surface area contributed by atoms with Gasteiger partial charge in [0.25, 0.3) is 0 Å². The average molecular weight is 160 g/mol. The lowest BCUT2D eigenvalue weighted by molar-refractivity contribution is -0.128. The molecule has 0 aromatic rings. The van der Waals surface area contributed by atoms with Crippen LogP contribution < -0.4 is 5.32 Å². The molecular formula is C7H16N2O2. The summed E-state index contributed by atoms with van der Waals surface area (Å²) in [4.78, 5) is 12.5. The molecule has 0 aromatic carbocycles. The maximum Gasteiger partial charge on any atom is 0.223 e. The van der Waals surface area contributed by atoms with Gasteiger partial charge in [-0.15, -0.1) is 0 Å². The first-order valence-corrected chi connectivity index (χ1v) is 3.70. The molecule has 0 aromatic heterocycles. The van der Waals surface area contributed by atoms with Gasteiger partial charge >= 0.3 is 0 Å². The zero-order chi connectivity index (χ0) is 8.69. The van der Waals surface area contributed by atoms with Crippen molar-refractivity contribution < 1.29 is 9.90 Å². The van der Waals surface area contributed by atoms with Crippen LogP contribution in [0.5, 0.6) is 0 Å². The smallest absolute Gasteiger partial charge is 0.223 e. The third-order valence-electron chi connectivity index (χ3n) is 1.30. The van der Waals surface area contributed by atoms with Gasteiger partial charge in [-0.1, -0.05) is 0 Å². The van der Waals surface area contributed by atoms with Crippen molar-refractivity contribution in [1.29, 1.82) is 0 Å². The van der Waals surface area contributed by atoms with Crippen LogP contribution >= 0.6 is 0 Å². The molecule has 0 saturated carbocycles. The summed E-state index contributed by atoms with van der Waals surface area (Å²) in [6.07, 6.45) is 0.493. The molecule has 0 aliphatic heterocycles. The lowest BCUT2D eigenvalue weighted by Crippen LogP contribution is -2.27. The van der Waals surface area contributed by atoms with E-state index in [1.807, 2.05) is 0 Å². The summed E-state index contributed by atoms with van der Waals surface area (Å²) in [5.74, 6) is 0.107. The molecule has 0 aliphatic carbocycles. The van der Waals surface area contributed by atoms with Gasteiger partial charge < -0.3 is 15.3 Å². The van der Waals surface area contributed by atoms with Gasteiger partial charge in [0.1, 0.15) is 0 Å². The average Bonchev–Trinajstić information content (AvgIpc) is 1.97. The normalized spacial score (nSPS) is 9.73. The Labute approximate surface area is 67.2 Å². The fraction of sp³-hybridized carbons (Fsp3) is 0.857. The van der Waals surface area contributed by atoms with Crippen LogP contribution in [0, 0.1) is 0 Å². The van der Waals surface area contributed by atoms with Crippen LogP contribution in [0.1, 0.15) is 6.42 Å². The lowest BCUT2D eigenvalue weighted by atomic mass is 10.4. The number of aliphatic hydroxyl groups is 1. The molecule has 0 bridgehead atoms. The molecule has 1 amide bonds. The minimum absolute atomic E-state index is 0.107. The van der Waals surface area contributed by atoms with Crippen LogP contribution in [0.3, 0.4) is 0 Å². The first kappa shape index (κ1) is 10.4. The van der Waals surface area contributed by atoms with Crippen molar-refractivity contribution in [2.45, 2.75) is 6.42 Å². The number of carbonyl (C=O) groups excluding carboxylic acids is 1. The van der Waals surface area contributed by atoms with Crippen LogP contribution in [0.4, 0.5) is 0 Å². The van der Waals surface area contributed by atoms with Gasteiger partial charge in [-0.3, -0.25) is 4.79 Å². The van der Waals surface area contributed by atoms with Crippen molar-refractivity contribution in [3.63, 3.8) is 0 Å². The number of amides is 1. The molecule has 4 heteroatoms. The van der Waals surface area contributed by atoms with Crippen molar-refractivity contribution in [3.05, 3.63) is 0 Å². The van der Waals surface area contributed by atoms with Crippen LogP contribution in [-0.2, 0) is 4.79 Å². The first-order chi connectivity index (χ1) is 5.18. The van der Waals surface area contributed by atoms with Crippen molar-refractivity contribution >= 4 is 5.91 Å². The SMILES string of the molecule is CN(C)C(=O)CCNCCO. The number of hydrogen-bond donors (Lipinski definition) is 2. The molecule has 66 valence electrons. The molecule has 4 nitrogen and oxygen atoms in total. The predicted molar refractivity (Wildman–Crippen MR) is 43.3 cm³/mol. The molecule has 0 saturated heterocycles. The second kappa shape index (κ2) is 6.12. The Bertz CT molecular complexity index is 115. The Morgan fingerprint density at radius 3 is 2.55 bits per heavy atom. The highest BCUT2D eigenvalue weighted by Crippen LogP contribution is 1.83. The van der Waals surface area contributed by atoms with E-state index in [9.17, 15) is 4.79 Å². The standard InChI is InChI=1S/C7H16N2O2/c1-9(2)7(11)3-4-8-5-6-10/h8,10H,3-6H2,1-2H3. The molecule has 0 heterocycles. The van der Waals surface area contributed by atoms with E-state index in [1.54, 1.807) is 19.0 Å². The number of rotatable bonds is 5. The Balaban J connectivity index is 3.18. The summed E-state index contributed by atoms with van der Waals surface area (Å²) in [7, 11) is 3.46. The second-order valence-electron chi connectivity index (χ2n) is 2.51. The van der Waals surface area contributed by atoms with Gasteiger partial charge in [-0.05, 0) is 0 Å². The Morgan fingerprint density at radius 1 is 1.45 bits per heavy atom. The molecular weight excluding hydrogens is 144 g/mol. The van der Waals surface area contributed by atoms with Crippen LogP contribution in [0.2, 0.25) is 0 Å². The van der Waals surface area contributed by atoms with E-state index in [0.29, 0.717) is 19.5 Å². The van der Waals surface area contributed by atoms with Crippen LogP contribution in [0.15, 0.2) is 0 Å². The van der Waals surface area contributed by atoms with Crippen molar-refractivity contribution in [3.8, 4) is 0 Å². The summed E-state index contributed by atoms with van der Waals surface area (Å²) in [6, 6.07) is 0. The maximum atomic E-state index is 10.9. The molecule has 0 unspecified atom stereocenters. The highest BCUT2D eigenvalue weighted by Gasteiger charge is 2.01. The summed E-state index contributed by atoms with van der Waals surface area (Å²) in [5.41, 5.74) is 0. The first-order valence-electron chi connectivity index (χ1n) is 3.70. The van der Waals surface area contributed by atoms with E-state index in [4.69, 9.17) is 5.11 Å². The number of nitrogens with one attached hydrogen (secondary N) is 1. The fourth-order valence-electron chi connectivity index (χ4n) is 0.623. The number of hydrogen-bond acceptors (Lipinski definition) is 3. The van der Waals surface area contributed by atoms with E-state index >= 15 is 0 Å². The van der Waals surface area contributed by atoms with Gasteiger partial charge in [0.15, 0.2) is 0 Å². The summed E-state index contributed by atoms with van der Waals surface area (Å²) >= 11 is 0. The molecule has 11 heavy (non-hydrogen) atoms. The predicted octanol–water partition coefficient (Wildman–Crippen LogP) is -0.953. The molecule has 0 atom stereocenters. The molecule has 0 rings (SSSR count). The molecule has 0 aliphatic rings. The number of nitrogens with zero attached hydrogens (tertiary/aromatic N) is 1. The monoisotopic (exact) mass is 160 g/mol. The topological polar surface area (TPSA) is 52.6 Å². The largest absolute Gasteiger partial charge is 0.395 e. The summed E-state index contributed by atoms with van der Waals surface area (Å²) in [6.45, 7) is 1.31. The maximum absolute atomic E-state index is 10.9. The van der Waals surface area contributed by atoms with E-state index in [1.165, 1.54) is 0 Å². The Hall–Kier alpha value is -0.610. The van der Waals surface area contributed by atoms with E-state index in [0.717, 1.165) is 0 Å². The highest BCUT2D eigenvalue weighted by molar-refractivity contribution is 5.75. The van der Waals surface area contributed by atoms with Crippen molar-refractivity contribution in [1.82, 2.24) is 10.2 Å². The zero-order valence-corrected chi connectivity index (χ0v) is 7.13. The van der Waals surface area contributed by atoms with E-state index in [2.05, 4.69) is 5.32 Å². The summed E-state index contributed by atoms with van der Waals surface area (Å²) < 4.78 is 0. The van der Waals surface area contributed by atoms with Crippen LogP contribution in [0.25, 0.3) is 0 Å². The van der Waals surface area contributed by atoms with E-state index in [-0.39, 0.29) is 12.5 Å². The van der Waals surface area contributed by atoms with Gasteiger partial charge in [-0.2, -0.15) is 0 Å². The Kier molecular flexibility index (Phi) is 5.78. The van der Waals surface area contributed by atoms with Gasteiger partial charge in [0.2, 0.25) is 5.91 Å². The van der Waals surface area contributed by atoms with Gasteiger partial charge in [0, 0.05) is 33.6 Å². The van der Waals surface area contributed by atoms with E-state index < -0.39 is 0 Å². The number of aliphatic hydroxyl groups excluding tert-OH is 1. The molecule has 2 N–H and O–H groups in total. The second-order valence-corrected chi connectivity index (χ2v) is 2.51. The molecule has 0 spiro atoms. The number of carbonyl (C=O) groups is 1. The van der Waals surface area contributed by atoms with Gasteiger partial charge in [-0.25, -0.2) is 0 Å². The Morgan fingerprint density at radius 2 is 2.09 bits per heavy atom. The third kappa shape index (κ3) is 5.82. The van der Waals surface area contributed by atoms with Crippen LogP contribution in [-0.4, -0.2) is 49.7 Å². The minimum atomic E-state index is 0.107. The zero-order valence-electron chi connectivity index (χ0n) is 7.13. The third-order valence-corrected chi connectivity index (χ3v) is 1.30. The quantitative estimate of drug-likeness (QED) is 0.510. The van der Waals surface area contributed by atoms with Crippen molar-refractivity contribution in [2.75, 3.05) is 33.8 Å². The molecule has 0 radical (unpaired) electrons. The van der Waals surface area contributed by atoms with Gasteiger partial charge in [0.05, 0.1) is 6.61 Å². The molecule has 0 fully saturated rings. The summed E-state index contributed by atoms with van der Waals surface area (Å²) in [5, 5.41) is 11.3. The van der Waals surface area contributed by atoms with Crippen molar-refractivity contribution in [2.24, 2.45) is 0 Å². The fourth-order valence-corrected chi connectivity index (χ4v) is 0.623.